The van der Waals surface area contributed by atoms with Gasteiger partial charge in [0.1, 0.15) is 0 Å². The predicted molar refractivity (Wildman–Crippen MR) is 145 cm³/mol. The van der Waals surface area contributed by atoms with E-state index in [0.29, 0.717) is 12.1 Å². The lowest BCUT2D eigenvalue weighted by molar-refractivity contribution is 0.166. The van der Waals surface area contributed by atoms with Crippen molar-refractivity contribution in [3.8, 4) is 0 Å². The SMILES string of the molecule is C[C@@H](c1ccccc1)N1[C@H]2CCCC[C@@H]2N([C@@H](C)c2ccccc2)P1(=O)SCc1ccccc1. The molecule has 3 aromatic rings. The second-order valence-electron chi connectivity index (χ2n) is 9.60. The second kappa shape index (κ2) is 10.4. The van der Waals surface area contributed by atoms with Crippen LogP contribution in [-0.4, -0.2) is 21.4 Å². The van der Waals surface area contributed by atoms with Crippen LogP contribution in [0.3, 0.4) is 0 Å². The van der Waals surface area contributed by atoms with Crippen molar-refractivity contribution in [1.29, 1.82) is 0 Å². The summed E-state index contributed by atoms with van der Waals surface area (Å²) in [4.78, 5) is 0. The van der Waals surface area contributed by atoms with Crippen molar-refractivity contribution in [2.45, 2.75) is 69.5 Å². The zero-order chi connectivity index (χ0) is 23.5. The molecule has 4 atom stereocenters. The minimum atomic E-state index is -2.92. The van der Waals surface area contributed by atoms with E-state index in [4.69, 9.17) is 0 Å². The highest BCUT2D eigenvalue weighted by Crippen LogP contribution is 2.76. The molecule has 0 bridgehead atoms. The summed E-state index contributed by atoms with van der Waals surface area (Å²) >= 11 is 1.68. The van der Waals surface area contributed by atoms with Gasteiger partial charge in [-0.1, -0.05) is 115 Å². The van der Waals surface area contributed by atoms with Crippen molar-refractivity contribution in [1.82, 2.24) is 9.34 Å². The Bertz CT molecular complexity index is 1050. The van der Waals surface area contributed by atoms with Gasteiger partial charge in [-0.3, -0.25) is 4.57 Å². The van der Waals surface area contributed by atoms with Gasteiger partial charge in [0.25, 0.3) is 6.65 Å². The molecular formula is C29H35N2OPS. The van der Waals surface area contributed by atoms with Crippen molar-refractivity contribution in [3.63, 3.8) is 0 Å². The van der Waals surface area contributed by atoms with Crippen molar-refractivity contribution < 1.29 is 4.57 Å². The fourth-order valence-corrected chi connectivity index (χ4v) is 12.6. The first-order valence-electron chi connectivity index (χ1n) is 12.6. The molecule has 178 valence electrons. The highest BCUT2D eigenvalue weighted by atomic mass is 32.7. The average Bonchev–Trinajstić information content (AvgIpc) is 3.16. The minimum absolute atomic E-state index is 0.105. The van der Waals surface area contributed by atoms with Gasteiger partial charge in [-0.2, -0.15) is 0 Å². The fraction of sp³-hybridized carbons (Fsp3) is 0.379. The third-order valence-electron chi connectivity index (χ3n) is 7.56. The molecule has 34 heavy (non-hydrogen) atoms. The lowest BCUT2D eigenvalue weighted by atomic mass is 9.88. The van der Waals surface area contributed by atoms with Gasteiger partial charge in [-0.05, 0) is 43.4 Å². The smallest absolute Gasteiger partial charge is 0.273 e. The Kier molecular flexibility index (Phi) is 7.32. The molecule has 3 aromatic carbocycles. The third kappa shape index (κ3) is 4.54. The molecular weight excluding hydrogens is 455 g/mol. The monoisotopic (exact) mass is 490 g/mol. The molecule has 3 nitrogen and oxygen atoms in total. The number of fused-ring (bicyclic) bond motifs is 1. The maximum absolute atomic E-state index is 15.5. The molecule has 1 saturated carbocycles. The van der Waals surface area contributed by atoms with E-state index in [0.717, 1.165) is 18.6 Å². The van der Waals surface area contributed by atoms with E-state index in [9.17, 15) is 0 Å². The van der Waals surface area contributed by atoms with E-state index in [1.165, 1.54) is 29.5 Å². The lowest BCUT2D eigenvalue weighted by Crippen LogP contribution is -2.41. The Labute approximate surface area is 208 Å². The van der Waals surface area contributed by atoms with E-state index in [1.54, 1.807) is 11.4 Å². The van der Waals surface area contributed by atoms with E-state index in [-0.39, 0.29) is 12.1 Å². The highest BCUT2D eigenvalue weighted by molar-refractivity contribution is 8.56. The summed E-state index contributed by atoms with van der Waals surface area (Å²) in [5.74, 6) is 0.758. The van der Waals surface area contributed by atoms with Crippen molar-refractivity contribution >= 4 is 18.0 Å². The Hall–Kier alpha value is -1.84. The van der Waals surface area contributed by atoms with Gasteiger partial charge in [0, 0.05) is 29.9 Å². The third-order valence-corrected chi connectivity index (χ3v) is 13.3. The molecule has 0 spiro atoms. The van der Waals surface area contributed by atoms with Gasteiger partial charge in [0.2, 0.25) is 0 Å². The van der Waals surface area contributed by atoms with Crippen molar-refractivity contribution in [3.05, 3.63) is 108 Å². The lowest BCUT2D eigenvalue weighted by Gasteiger charge is -2.37. The topological polar surface area (TPSA) is 23.6 Å². The highest BCUT2D eigenvalue weighted by Gasteiger charge is 2.58. The van der Waals surface area contributed by atoms with E-state index in [1.807, 2.05) is 6.07 Å². The first kappa shape index (κ1) is 23.9. The van der Waals surface area contributed by atoms with Crippen molar-refractivity contribution in [2.75, 3.05) is 0 Å². The predicted octanol–water partition coefficient (Wildman–Crippen LogP) is 8.48. The van der Waals surface area contributed by atoms with E-state index >= 15 is 4.57 Å². The Morgan fingerprint density at radius 1 is 0.735 bits per heavy atom. The largest absolute Gasteiger partial charge is 0.276 e. The van der Waals surface area contributed by atoms with Gasteiger partial charge in [0.05, 0.1) is 0 Å². The molecule has 1 aliphatic carbocycles. The second-order valence-corrected chi connectivity index (χ2v) is 14.3. The molecule has 0 aromatic heterocycles. The molecule has 1 saturated heterocycles. The first-order valence-corrected chi connectivity index (χ1v) is 15.8. The Morgan fingerprint density at radius 2 is 1.15 bits per heavy atom. The van der Waals surface area contributed by atoms with Crippen LogP contribution < -0.4 is 0 Å². The Morgan fingerprint density at radius 3 is 1.59 bits per heavy atom. The maximum Gasteiger partial charge on any atom is 0.273 e. The van der Waals surface area contributed by atoms with Crippen LogP contribution in [0.25, 0.3) is 0 Å². The summed E-state index contributed by atoms with van der Waals surface area (Å²) in [5, 5.41) is 0. The first-order chi connectivity index (χ1) is 16.6. The maximum atomic E-state index is 15.5. The molecule has 0 N–H and O–H groups in total. The van der Waals surface area contributed by atoms with E-state index in [2.05, 4.69) is 108 Å². The van der Waals surface area contributed by atoms with Gasteiger partial charge >= 0.3 is 0 Å². The normalized spacial score (nSPS) is 24.4. The van der Waals surface area contributed by atoms with Crippen LogP contribution in [0.1, 0.15) is 68.3 Å². The fourth-order valence-electron chi connectivity index (χ4n) is 5.85. The molecule has 0 amide bonds. The molecule has 5 rings (SSSR count). The van der Waals surface area contributed by atoms with Crippen LogP contribution in [0, 0.1) is 0 Å². The van der Waals surface area contributed by atoms with Crippen LogP contribution in [0.4, 0.5) is 0 Å². The van der Waals surface area contributed by atoms with Gasteiger partial charge in [-0.15, -0.1) is 0 Å². The van der Waals surface area contributed by atoms with Gasteiger partial charge in [-0.25, -0.2) is 9.34 Å². The molecule has 0 unspecified atom stereocenters. The number of rotatable bonds is 7. The summed E-state index contributed by atoms with van der Waals surface area (Å²) in [6.45, 7) is 1.59. The molecule has 2 fully saturated rings. The summed E-state index contributed by atoms with van der Waals surface area (Å²) in [6.07, 6.45) is 4.68. The number of nitrogens with zero attached hydrogens (tertiary/aromatic N) is 2. The van der Waals surface area contributed by atoms with Gasteiger partial charge < -0.3 is 0 Å². The number of hydrogen-bond acceptors (Lipinski definition) is 2. The summed E-state index contributed by atoms with van der Waals surface area (Å²) in [6, 6.07) is 32.7. The summed E-state index contributed by atoms with van der Waals surface area (Å²) in [5.41, 5.74) is 3.74. The van der Waals surface area contributed by atoms with E-state index < -0.39 is 6.65 Å². The average molecular weight is 491 g/mol. The van der Waals surface area contributed by atoms with Crippen LogP contribution in [0.5, 0.6) is 0 Å². The van der Waals surface area contributed by atoms with Crippen LogP contribution in [-0.2, 0) is 10.3 Å². The zero-order valence-electron chi connectivity index (χ0n) is 20.2. The van der Waals surface area contributed by atoms with Gasteiger partial charge in [0.15, 0.2) is 0 Å². The standard InChI is InChI=1S/C29H35N2OPS/c1-23(26-16-8-4-9-17-26)30-28-20-12-13-21-29(28)31(24(2)27-18-10-5-11-19-27)33(30,32)34-22-25-14-6-3-7-15-25/h3-11,14-19,23-24,28-29H,12-13,20-22H2,1-2H3/t23-,24-,28-,29-/m0/s1. The quantitative estimate of drug-likeness (QED) is 0.310. The summed E-state index contributed by atoms with van der Waals surface area (Å²) in [7, 11) is 0. The Balaban J connectivity index is 1.58. The summed E-state index contributed by atoms with van der Waals surface area (Å²) < 4.78 is 20.3. The molecule has 5 heteroatoms. The molecule has 1 aliphatic heterocycles. The van der Waals surface area contributed by atoms with Crippen LogP contribution >= 0.6 is 18.0 Å². The van der Waals surface area contributed by atoms with Crippen LogP contribution in [0.15, 0.2) is 91.0 Å². The zero-order valence-corrected chi connectivity index (χ0v) is 21.9. The minimum Gasteiger partial charge on any atom is -0.276 e. The number of benzene rings is 3. The van der Waals surface area contributed by atoms with Crippen molar-refractivity contribution in [2.24, 2.45) is 0 Å². The molecule has 0 radical (unpaired) electrons. The van der Waals surface area contributed by atoms with Crippen LogP contribution in [0.2, 0.25) is 0 Å². The molecule has 2 aliphatic rings. The molecule has 1 heterocycles. The number of hydrogen-bond donors (Lipinski definition) is 0.